The second-order valence-corrected chi connectivity index (χ2v) is 14.6. The van der Waals surface area contributed by atoms with E-state index in [-0.39, 0.29) is 35.7 Å². The highest BCUT2D eigenvalue weighted by Gasteiger charge is 2.39. The van der Waals surface area contributed by atoms with Crippen molar-refractivity contribution < 1.29 is 28.7 Å². The molecule has 2 aliphatic heterocycles. The van der Waals surface area contributed by atoms with Crippen LogP contribution >= 0.6 is 0 Å². The predicted octanol–water partition coefficient (Wildman–Crippen LogP) is 5.69. The number of H-pyrrole nitrogens is 2. The first-order chi connectivity index (χ1) is 26.4. The van der Waals surface area contributed by atoms with E-state index in [2.05, 4.69) is 27.1 Å². The Labute approximate surface area is 320 Å². The van der Waals surface area contributed by atoms with E-state index in [9.17, 15) is 19.2 Å². The maximum atomic E-state index is 13.5. The topological polar surface area (TPSA) is 189 Å². The van der Waals surface area contributed by atoms with Gasteiger partial charge in [-0.25, -0.2) is 19.6 Å². The molecule has 14 heteroatoms. The third-order valence-corrected chi connectivity index (χ3v) is 10.1. The Hall–Kier alpha value is -6.10. The highest BCUT2D eigenvalue weighted by atomic mass is 16.6. The molecule has 4 heterocycles. The first-order valence-electron chi connectivity index (χ1n) is 18.7. The molecule has 55 heavy (non-hydrogen) atoms. The van der Waals surface area contributed by atoms with Gasteiger partial charge in [-0.3, -0.25) is 9.59 Å². The highest BCUT2D eigenvalue weighted by Crippen LogP contribution is 2.34. The van der Waals surface area contributed by atoms with Gasteiger partial charge in [0.15, 0.2) is 6.10 Å². The summed E-state index contributed by atoms with van der Waals surface area (Å²) >= 11 is 0. The van der Waals surface area contributed by atoms with Gasteiger partial charge in [0.25, 0.3) is 5.91 Å². The van der Waals surface area contributed by atoms with Crippen LogP contribution in [0.5, 0.6) is 0 Å². The number of likely N-dealkylation sites (tertiary alicyclic amines) is 2. The Bertz CT molecular complexity index is 2060. The molecule has 0 unspecified atom stereocenters. The summed E-state index contributed by atoms with van der Waals surface area (Å²) in [5, 5.41) is 2.68. The second-order valence-electron chi connectivity index (χ2n) is 14.6. The molecule has 288 valence electrons. The molecule has 2 saturated heterocycles. The maximum absolute atomic E-state index is 13.5. The molecule has 0 bridgehead atoms. The van der Waals surface area contributed by atoms with Crippen LogP contribution in [0, 0.1) is 23.7 Å². The summed E-state index contributed by atoms with van der Waals surface area (Å²) in [6.45, 7) is 8.56. The fourth-order valence-corrected chi connectivity index (χ4v) is 7.17. The number of aromatic nitrogens is 4. The fraction of sp³-hybridized carbons (Fsp3) is 0.415. The van der Waals surface area contributed by atoms with Gasteiger partial charge in [0.05, 0.1) is 30.6 Å². The molecule has 2 aromatic carbocycles. The molecule has 4 amide bonds. The molecule has 0 aliphatic carbocycles. The highest BCUT2D eigenvalue weighted by molar-refractivity contribution is 5.86. The Morgan fingerprint density at radius 2 is 1.24 bits per heavy atom. The summed E-state index contributed by atoms with van der Waals surface area (Å²) in [5.74, 6) is 7.11. The fourth-order valence-electron chi connectivity index (χ4n) is 7.17. The number of nitrogens with zero attached hydrogens (tertiary/aromatic N) is 4. The van der Waals surface area contributed by atoms with Gasteiger partial charge in [-0.2, -0.15) is 0 Å². The normalized spacial score (nSPS) is 17.8. The number of alkyl carbamates (subject to hydrolysis) is 1. The lowest BCUT2D eigenvalue weighted by molar-refractivity contribution is -0.143. The van der Waals surface area contributed by atoms with E-state index < -0.39 is 24.3 Å². The minimum atomic E-state index is -0.966. The number of rotatable bonds is 10. The van der Waals surface area contributed by atoms with Crippen molar-refractivity contribution in [3.05, 3.63) is 83.7 Å². The molecule has 2 aromatic heterocycles. The second kappa shape index (κ2) is 16.9. The number of carbonyl (C=O) groups is 4. The van der Waals surface area contributed by atoms with E-state index in [1.54, 1.807) is 9.80 Å². The van der Waals surface area contributed by atoms with Crippen molar-refractivity contribution in [3.63, 3.8) is 0 Å². The summed E-state index contributed by atoms with van der Waals surface area (Å²) < 4.78 is 9.90. The number of hydrogen-bond acceptors (Lipinski definition) is 8. The molecular formula is C41H48N8O6. The van der Waals surface area contributed by atoms with Crippen LogP contribution in [0.1, 0.15) is 88.2 Å². The average molecular weight is 749 g/mol. The monoisotopic (exact) mass is 748 g/mol. The van der Waals surface area contributed by atoms with E-state index >= 15 is 0 Å². The Balaban J connectivity index is 1.08. The number of hydrogen-bond donors (Lipinski definition) is 4. The molecule has 4 aromatic rings. The summed E-state index contributed by atoms with van der Waals surface area (Å²) in [4.78, 5) is 69.8. The Morgan fingerprint density at radius 3 is 1.65 bits per heavy atom. The van der Waals surface area contributed by atoms with E-state index in [0.717, 1.165) is 59.3 Å². The lowest BCUT2D eigenvalue weighted by Gasteiger charge is -2.29. The molecule has 0 radical (unpaired) electrons. The average Bonchev–Trinajstić information content (AvgIpc) is 4.01. The minimum Gasteiger partial charge on any atom is -0.453 e. The number of ether oxygens (including phenoxy) is 2. The Kier molecular flexibility index (Phi) is 11.9. The summed E-state index contributed by atoms with van der Waals surface area (Å²) in [6.07, 6.45) is 4.32. The van der Waals surface area contributed by atoms with Crippen LogP contribution in [0.3, 0.4) is 0 Å². The van der Waals surface area contributed by atoms with Crippen LogP contribution in [0.25, 0.3) is 22.5 Å². The molecule has 6 rings (SSSR count). The summed E-state index contributed by atoms with van der Waals surface area (Å²) in [6, 6.07) is 14.5. The van der Waals surface area contributed by atoms with Crippen molar-refractivity contribution in [2.24, 2.45) is 17.6 Å². The van der Waals surface area contributed by atoms with Gasteiger partial charge < -0.3 is 40.3 Å². The van der Waals surface area contributed by atoms with Crippen LogP contribution in [0.15, 0.2) is 60.9 Å². The third kappa shape index (κ3) is 8.83. The SMILES string of the molecule is COC(=O)N[C@H](C(=O)N1CCC[C@H]1c1nc(-c2ccc(C#Cc3ccc(-c4c[nH]c([C@@H]5CCCN5C(=O)[C@@H](OC(N)=O)C(C)C)n4)cc3)cc2)c[nH]1)C(C)C. The van der Waals surface area contributed by atoms with Gasteiger partial charge in [-0.1, -0.05) is 63.8 Å². The predicted molar refractivity (Wildman–Crippen MR) is 205 cm³/mol. The maximum Gasteiger partial charge on any atom is 0.407 e. The number of imidazole rings is 2. The number of aromatic amines is 2. The van der Waals surface area contributed by atoms with Crippen molar-refractivity contribution in [1.82, 2.24) is 35.1 Å². The zero-order chi connectivity index (χ0) is 39.2. The summed E-state index contributed by atoms with van der Waals surface area (Å²) in [5.41, 5.74) is 10.3. The first kappa shape index (κ1) is 38.6. The quantitative estimate of drug-likeness (QED) is 0.149. The number of amides is 4. The molecule has 0 spiro atoms. The van der Waals surface area contributed by atoms with Gasteiger partial charge in [0.2, 0.25) is 5.91 Å². The molecule has 5 N–H and O–H groups in total. The van der Waals surface area contributed by atoms with Crippen molar-refractivity contribution in [2.45, 2.75) is 77.6 Å². The lowest BCUT2D eigenvalue weighted by Crippen LogP contribution is -2.51. The molecule has 2 aliphatic rings. The van der Waals surface area contributed by atoms with Crippen molar-refractivity contribution in [2.75, 3.05) is 20.2 Å². The number of methoxy groups -OCH3 is 1. The van der Waals surface area contributed by atoms with E-state index in [0.29, 0.717) is 24.7 Å². The molecule has 0 saturated carbocycles. The van der Waals surface area contributed by atoms with Crippen LogP contribution in [0.2, 0.25) is 0 Å². The minimum absolute atomic E-state index is 0.108. The van der Waals surface area contributed by atoms with Crippen LogP contribution in [0.4, 0.5) is 9.59 Å². The van der Waals surface area contributed by atoms with E-state index in [4.69, 9.17) is 25.2 Å². The molecule has 14 nitrogen and oxygen atoms in total. The van der Waals surface area contributed by atoms with Gasteiger partial charge in [0, 0.05) is 47.7 Å². The van der Waals surface area contributed by atoms with Crippen LogP contribution in [-0.2, 0) is 19.1 Å². The molecular weight excluding hydrogens is 701 g/mol. The number of nitrogens with one attached hydrogen (secondary N) is 3. The van der Waals surface area contributed by atoms with Crippen molar-refractivity contribution in [3.8, 4) is 34.4 Å². The number of carbonyl (C=O) groups excluding carboxylic acids is 4. The number of primary amides is 1. The van der Waals surface area contributed by atoms with Crippen LogP contribution in [-0.4, -0.2) is 86.1 Å². The third-order valence-electron chi connectivity index (χ3n) is 10.1. The number of benzene rings is 2. The van der Waals surface area contributed by atoms with Gasteiger partial charge >= 0.3 is 12.2 Å². The van der Waals surface area contributed by atoms with Gasteiger partial charge in [-0.15, -0.1) is 0 Å². The van der Waals surface area contributed by atoms with E-state index in [1.807, 2.05) is 88.6 Å². The summed E-state index contributed by atoms with van der Waals surface area (Å²) in [7, 11) is 1.28. The van der Waals surface area contributed by atoms with Crippen LogP contribution < -0.4 is 11.1 Å². The standard InChI is InChI=1S/C41H48N8O6/c1-24(2)34(47-41(53)54-5)38(50)48-20-6-8-32(48)36-43-22-30(45-36)28-16-12-26(13-17-28)10-11-27-14-18-29(19-15-27)31-23-44-37(46-31)33-9-7-21-49(33)39(51)35(25(3)4)55-40(42)52/h12-19,22-25,32-35H,6-9,20-21H2,1-5H3,(H2,42,52)(H,43,45)(H,44,46)(H,47,53)/t32-,33-,34-,35-/m0/s1. The van der Waals surface area contributed by atoms with Gasteiger partial charge in [-0.05, 0) is 61.8 Å². The van der Waals surface area contributed by atoms with Crippen molar-refractivity contribution in [1.29, 1.82) is 0 Å². The smallest absolute Gasteiger partial charge is 0.407 e. The zero-order valence-electron chi connectivity index (χ0n) is 31.8. The first-order valence-corrected chi connectivity index (χ1v) is 18.7. The number of nitrogens with two attached hydrogens (primary N) is 1. The Morgan fingerprint density at radius 1 is 0.764 bits per heavy atom. The largest absolute Gasteiger partial charge is 0.453 e. The lowest BCUT2D eigenvalue weighted by atomic mass is 10.0. The van der Waals surface area contributed by atoms with Gasteiger partial charge in [0.1, 0.15) is 17.7 Å². The van der Waals surface area contributed by atoms with E-state index in [1.165, 1.54) is 7.11 Å². The van der Waals surface area contributed by atoms with Crippen molar-refractivity contribution >= 4 is 24.0 Å². The molecule has 4 atom stereocenters. The zero-order valence-corrected chi connectivity index (χ0v) is 31.8. The molecule has 2 fully saturated rings.